The summed E-state index contributed by atoms with van der Waals surface area (Å²) in [5.74, 6) is 0. The van der Waals surface area contributed by atoms with E-state index in [0.29, 0.717) is 0 Å². The molecule has 0 saturated heterocycles. The Morgan fingerprint density at radius 3 is 1.83 bits per heavy atom. The van der Waals surface area contributed by atoms with Crippen molar-refractivity contribution < 1.29 is 4.42 Å². The second-order valence-electron chi connectivity index (χ2n) is 9.00. The molecule has 0 fully saturated rings. The molecule has 0 unspecified atom stereocenters. The molecule has 0 N–H and O–H groups in total. The van der Waals surface area contributed by atoms with Crippen molar-refractivity contribution in [3.63, 3.8) is 0 Å². The number of fused-ring (bicyclic) bond motifs is 5. The Morgan fingerprint density at radius 2 is 1.06 bits per heavy atom. The van der Waals surface area contributed by atoms with Crippen molar-refractivity contribution in [3.05, 3.63) is 140 Å². The van der Waals surface area contributed by atoms with Gasteiger partial charge in [-0.3, -0.25) is 0 Å². The van der Waals surface area contributed by atoms with E-state index in [1.54, 1.807) is 0 Å². The van der Waals surface area contributed by atoms with Gasteiger partial charge in [-0.1, -0.05) is 103 Å². The van der Waals surface area contributed by atoms with Gasteiger partial charge in [0.15, 0.2) is 5.58 Å². The molecule has 0 aliphatic heterocycles. The fraction of sp³-hybridized carbons (Fsp3) is 0. The van der Waals surface area contributed by atoms with Crippen LogP contribution >= 0.6 is 0 Å². The van der Waals surface area contributed by atoms with Crippen molar-refractivity contribution in [3.8, 4) is 11.1 Å². The van der Waals surface area contributed by atoms with Gasteiger partial charge >= 0.3 is 0 Å². The predicted molar refractivity (Wildman–Crippen MR) is 151 cm³/mol. The van der Waals surface area contributed by atoms with Gasteiger partial charge in [-0.15, -0.1) is 0 Å². The molecule has 0 aliphatic carbocycles. The van der Waals surface area contributed by atoms with E-state index >= 15 is 0 Å². The number of anilines is 3. The van der Waals surface area contributed by atoms with E-state index in [2.05, 4.69) is 132 Å². The van der Waals surface area contributed by atoms with Crippen LogP contribution in [0.15, 0.2) is 144 Å². The number of furan rings is 1. The lowest BCUT2D eigenvalue weighted by atomic mass is 10.0. The molecule has 7 aromatic rings. The van der Waals surface area contributed by atoms with E-state index in [1.165, 1.54) is 21.9 Å². The van der Waals surface area contributed by atoms with Crippen molar-refractivity contribution in [2.75, 3.05) is 4.90 Å². The molecule has 1 heterocycles. The normalized spacial score (nSPS) is 11.3. The van der Waals surface area contributed by atoms with Crippen molar-refractivity contribution in [2.24, 2.45) is 0 Å². The van der Waals surface area contributed by atoms with Gasteiger partial charge in [-0.2, -0.15) is 0 Å². The second-order valence-corrected chi connectivity index (χ2v) is 9.00. The lowest BCUT2D eigenvalue weighted by molar-refractivity contribution is 0.669. The minimum atomic E-state index is 0.894. The molecule has 0 atom stereocenters. The summed E-state index contributed by atoms with van der Waals surface area (Å²) in [5, 5.41) is 4.68. The van der Waals surface area contributed by atoms with Crippen LogP contribution in [-0.4, -0.2) is 0 Å². The molecular weight excluding hydrogens is 438 g/mol. The third-order valence-electron chi connectivity index (χ3n) is 6.84. The standard InChI is InChI=1S/C34H23NO/c1-3-11-24(12-4-1)25-19-21-28(22-20-25)35(27-14-5-2-6-15-27)31-23-26-13-7-8-16-29(26)33-30-17-9-10-18-32(30)36-34(31)33/h1-23H. The molecule has 0 saturated carbocycles. The average Bonchev–Trinajstić information content (AvgIpc) is 3.35. The molecule has 7 rings (SSSR count). The molecular formula is C34H23NO. The molecule has 2 nitrogen and oxygen atoms in total. The molecule has 0 bridgehead atoms. The number of rotatable bonds is 4. The maximum absolute atomic E-state index is 6.57. The Hall–Kier alpha value is -4.82. The van der Waals surface area contributed by atoms with Crippen LogP contribution in [0, 0.1) is 0 Å². The van der Waals surface area contributed by atoms with Crippen molar-refractivity contribution in [2.45, 2.75) is 0 Å². The first kappa shape index (κ1) is 20.5. The van der Waals surface area contributed by atoms with E-state index in [-0.39, 0.29) is 0 Å². The molecule has 0 spiro atoms. The van der Waals surface area contributed by atoms with E-state index < -0.39 is 0 Å². The summed E-state index contributed by atoms with van der Waals surface area (Å²) in [7, 11) is 0. The summed E-state index contributed by atoms with van der Waals surface area (Å²) >= 11 is 0. The zero-order chi connectivity index (χ0) is 23.9. The first-order chi connectivity index (χ1) is 17.9. The largest absolute Gasteiger partial charge is 0.454 e. The minimum absolute atomic E-state index is 0.894. The Bertz CT molecular complexity index is 1820. The fourth-order valence-electron chi connectivity index (χ4n) is 5.16. The molecule has 170 valence electrons. The Balaban J connectivity index is 1.51. The summed E-state index contributed by atoms with van der Waals surface area (Å²) in [6, 6.07) is 48.9. The average molecular weight is 462 g/mol. The van der Waals surface area contributed by atoms with Crippen LogP contribution in [0.4, 0.5) is 17.1 Å². The van der Waals surface area contributed by atoms with Crippen LogP contribution in [0.2, 0.25) is 0 Å². The van der Waals surface area contributed by atoms with E-state index in [0.717, 1.165) is 39.0 Å². The maximum atomic E-state index is 6.57. The maximum Gasteiger partial charge on any atom is 0.160 e. The third-order valence-corrected chi connectivity index (χ3v) is 6.84. The predicted octanol–water partition coefficient (Wildman–Crippen LogP) is 9.88. The summed E-state index contributed by atoms with van der Waals surface area (Å²) < 4.78 is 6.57. The lowest BCUT2D eigenvalue weighted by Gasteiger charge is -2.26. The fourth-order valence-corrected chi connectivity index (χ4v) is 5.16. The highest BCUT2D eigenvalue weighted by Gasteiger charge is 2.21. The van der Waals surface area contributed by atoms with Gasteiger partial charge in [0.05, 0.1) is 5.69 Å². The molecule has 6 aromatic carbocycles. The van der Waals surface area contributed by atoms with E-state index in [9.17, 15) is 0 Å². The van der Waals surface area contributed by atoms with Gasteiger partial charge in [0, 0.05) is 22.1 Å². The molecule has 0 amide bonds. The zero-order valence-corrected chi connectivity index (χ0v) is 19.6. The highest BCUT2D eigenvalue weighted by Crippen LogP contribution is 2.45. The molecule has 0 aliphatic rings. The van der Waals surface area contributed by atoms with Gasteiger partial charge in [0.2, 0.25) is 0 Å². The van der Waals surface area contributed by atoms with Gasteiger partial charge in [0.25, 0.3) is 0 Å². The quantitative estimate of drug-likeness (QED) is 0.259. The number of benzene rings is 6. The summed E-state index contributed by atoms with van der Waals surface area (Å²) in [5.41, 5.74) is 7.39. The van der Waals surface area contributed by atoms with E-state index in [1.807, 2.05) is 12.1 Å². The summed E-state index contributed by atoms with van der Waals surface area (Å²) in [6.45, 7) is 0. The minimum Gasteiger partial charge on any atom is -0.454 e. The van der Waals surface area contributed by atoms with Crippen LogP contribution in [0.5, 0.6) is 0 Å². The smallest absolute Gasteiger partial charge is 0.160 e. The summed E-state index contributed by atoms with van der Waals surface area (Å²) in [6.07, 6.45) is 0. The number of nitrogens with zero attached hydrogens (tertiary/aromatic N) is 1. The number of para-hydroxylation sites is 2. The SMILES string of the molecule is c1ccc(-c2ccc(N(c3ccccc3)c3cc4ccccc4c4c3oc3ccccc34)cc2)cc1. The molecule has 0 radical (unpaired) electrons. The Morgan fingerprint density at radius 1 is 0.472 bits per heavy atom. The van der Waals surface area contributed by atoms with Gasteiger partial charge < -0.3 is 9.32 Å². The summed E-state index contributed by atoms with van der Waals surface area (Å²) in [4.78, 5) is 2.30. The van der Waals surface area contributed by atoms with Crippen molar-refractivity contribution in [1.82, 2.24) is 0 Å². The molecule has 36 heavy (non-hydrogen) atoms. The van der Waals surface area contributed by atoms with Crippen LogP contribution < -0.4 is 4.90 Å². The van der Waals surface area contributed by atoms with Crippen LogP contribution in [-0.2, 0) is 0 Å². The third kappa shape index (κ3) is 3.35. The Labute approximate surface area is 209 Å². The number of hydrogen-bond acceptors (Lipinski definition) is 2. The lowest BCUT2D eigenvalue weighted by Crippen LogP contribution is -2.10. The van der Waals surface area contributed by atoms with Crippen LogP contribution in [0.3, 0.4) is 0 Å². The monoisotopic (exact) mass is 461 g/mol. The van der Waals surface area contributed by atoms with Gasteiger partial charge in [0.1, 0.15) is 5.58 Å². The molecule has 1 aromatic heterocycles. The first-order valence-electron chi connectivity index (χ1n) is 12.2. The van der Waals surface area contributed by atoms with Crippen molar-refractivity contribution in [1.29, 1.82) is 0 Å². The topological polar surface area (TPSA) is 16.4 Å². The number of hydrogen-bond donors (Lipinski definition) is 0. The van der Waals surface area contributed by atoms with Crippen LogP contribution in [0.25, 0.3) is 43.8 Å². The zero-order valence-electron chi connectivity index (χ0n) is 19.6. The van der Waals surface area contributed by atoms with Gasteiger partial charge in [-0.05, 0) is 58.3 Å². The van der Waals surface area contributed by atoms with Crippen molar-refractivity contribution >= 4 is 49.8 Å². The van der Waals surface area contributed by atoms with Gasteiger partial charge in [-0.25, -0.2) is 0 Å². The van der Waals surface area contributed by atoms with E-state index in [4.69, 9.17) is 4.42 Å². The highest BCUT2D eigenvalue weighted by molar-refractivity contribution is 6.22. The molecule has 2 heteroatoms. The highest BCUT2D eigenvalue weighted by atomic mass is 16.3. The first-order valence-corrected chi connectivity index (χ1v) is 12.2. The van der Waals surface area contributed by atoms with Crippen LogP contribution in [0.1, 0.15) is 0 Å². The Kier molecular flexibility index (Phi) is 4.82. The second kappa shape index (κ2) is 8.44.